The zero-order valence-corrected chi connectivity index (χ0v) is 16.0. The summed E-state index contributed by atoms with van der Waals surface area (Å²) in [6.07, 6.45) is 0. The van der Waals surface area contributed by atoms with Crippen LogP contribution in [-0.2, 0) is 0 Å². The van der Waals surface area contributed by atoms with Gasteiger partial charge in [-0.15, -0.1) is 0 Å². The molecule has 1 heterocycles. The Morgan fingerprint density at radius 3 is 1.96 bits per heavy atom. The number of nitrogens with zero attached hydrogens (tertiary/aromatic N) is 2. The van der Waals surface area contributed by atoms with E-state index in [-0.39, 0.29) is 0 Å². The fourth-order valence-corrected chi connectivity index (χ4v) is 4.17. The van der Waals surface area contributed by atoms with E-state index < -0.39 is 0 Å². The first-order valence-corrected chi connectivity index (χ1v) is 9.45. The molecule has 0 N–H and O–H groups in total. The van der Waals surface area contributed by atoms with Crippen molar-refractivity contribution in [2.24, 2.45) is 0 Å². The molecular weight excluding hydrogens is 316 g/mol. The summed E-state index contributed by atoms with van der Waals surface area (Å²) in [6.45, 7) is 9.05. The number of hydrogen-bond acceptors (Lipinski definition) is 1. The summed E-state index contributed by atoms with van der Waals surface area (Å²) < 4.78 is 2.36. The van der Waals surface area contributed by atoms with Gasteiger partial charge in [0.25, 0.3) is 0 Å². The van der Waals surface area contributed by atoms with Gasteiger partial charge in [0.2, 0.25) is 0 Å². The fraction of sp³-hybridized carbons (Fsp3) is 0.250. The Balaban J connectivity index is 2.02. The third-order valence-corrected chi connectivity index (χ3v) is 5.08. The molecule has 2 nitrogen and oxygen atoms in total. The second-order valence-electron chi connectivity index (χ2n) is 7.48. The number of aromatic nitrogens is 1. The van der Waals surface area contributed by atoms with Gasteiger partial charge in [0.05, 0.1) is 11.0 Å². The van der Waals surface area contributed by atoms with Crippen LogP contribution in [0.1, 0.15) is 27.7 Å². The molecule has 0 saturated carbocycles. The van der Waals surface area contributed by atoms with Gasteiger partial charge in [-0.2, -0.15) is 0 Å². The summed E-state index contributed by atoms with van der Waals surface area (Å²) in [5.74, 6) is 0. The smallest absolute Gasteiger partial charge is 0.0542 e. The maximum Gasteiger partial charge on any atom is 0.0542 e. The van der Waals surface area contributed by atoms with E-state index >= 15 is 0 Å². The Hall–Kier alpha value is -2.74. The predicted molar refractivity (Wildman–Crippen MR) is 114 cm³/mol. The van der Waals surface area contributed by atoms with E-state index in [1.54, 1.807) is 0 Å². The molecule has 4 rings (SSSR count). The topological polar surface area (TPSA) is 8.17 Å². The monoisotopic (exact) mass is 342 g/mol. The molecule has 2 heteroatoms. The number of anilines is 1. The molecule has 132 valence electrons. The van der Waals surface area contributed by atoms with Crippen molar-refractivity contribution < 1.29 is 0 Å². The first-order chi connectivity index (χ1) is 12.6. The van der Waals surface area contributed by atoms with Crippen LogP contribution in [0.3, 0.4) is 0 Å². The maximum atomic E-state index is 2.48. The molecule has 0 aliphatic carbocycles. The third kappa shape index (κ3) is 2.66. The van der Waals surface area contributed by atoms with E-state index in [9.17, 15) is 0 Å². The first-order valence-electron chi connectivity index (χ1n) is 9.45. The predicted octanol–water partition coefficient (Wildman–Crippen LogP) is 6.41. The molecule has 3 aromatic carbocycles. The van der Waals surface area contributed by atoms with E-state index in [2.05, 4.69) is 110 Å². The molecule has 0 radical (unpaired) electrons. The van der Waals surface area contributed by atoms with Crippen LogP contribution in [0.5, 0.6) is 0 Å². The Bertz CT molecular complexity index is 1030. The van der Waals surface area contributed by atoms with Gasteiger partial charge >= 0.3 is 0 Å². The molecular formula is C24H26N2. The minimum absolute atomic E-state index is 0.468. The van der Waals surface area contributed by atoms with Gasteiger partial charge < -0.3 is 9.47 Å². The highest BCUT2D eigenvalue weighted by Gasteiger charge is 2.17. The third-order valence-electron chi connectivity index (χ3n) is 5.08. The van der Waals surface area contributed by atoms with Crippen LogP contribution in [0.15, 0.2) is 72.8 Å². The maximum absolute atomic E-state index is 2.48. The van der Waals surface area contributed by atoms with Crippen LogP contribution in [0.2, 0.25) is 0 Å². The Labute approximate surface area is 155 Å². The minimum Gasteiger partial charge on any atom is -0.367 e. The van der Waals surface area contributed by atoms with Gasteiger partial charge in [-0.25, -0.2) is 0 Å². The summed E-state index contributed by atoms with van der Waals surface area (Å²) >= 11 is 0. The number of para-hydroxylation sites is 2. The number of benzene rings is 3. The molecule has 0 atom stereocenters. The van der Waals surface area contributed by atoms with Crippen molar-refractivity contribution in [2.75, 3.05) is 4.90 Å². The number of fused-ring (bicyclic) bond motifs is 3. The summed E-state index contributed by atoms with van der Waals surface area (Å²) in [4.78, 5) is 2.48. The van der Waals surface area contributed by atoms with E-state index in [0.29, 0.717) is 12.1 Å². The summed E-state index contributed by atoms with van der Waals surface area (Å²) in [5, 5.41) is 2.62. The summed E-state index contributed by atoms with van der Waals surface area (Å²) in [5.41, 5.74) is 5.01. The van der Waals surface area contributed by atoms with E-state index in [1.807, 2.05) is 0 Å². The van der Waals surface area contributed by atoms with E-state index in [1.165, 1.54) is 33.2 Å². The molecule has 0 amide bonds. The molecule has 26 heavy (non-hydrogen) atoms. The van der Waals surface area contributed by atoms with Crippen molar-refractivity contribution in [1.82, 2.24) is 4.57 Å². The molecule has 0 aliphatic rings. The van der Waals surface area contributed by atoms with E-state index in [0.717, 1.165) is 0 Å². The van der Waals surface area contributed by atoms with Crippen LogP contribution in [0, 0.1) is 0 Å². The lowest BCUT2D eigenvalue weighted by molar-refractivity contribution is 0.608. The second kappa shape index (κ2) is 6.53. The van der Waals surface area contributed by atoms with Gasteiger partial charge in [0.1, 0.15) is 0 Å². The molecule has 0 aliphatic heterocycles. The Morgan fingerprint density at radius 2 is 1.27 bits per heavy atom. The molecule has 1 aromatic heterocycles. The summed E-state index contributed by atoms with van der Waals surface area (Å²) in [7, 11) is 0. The number of hydrogen-bond donors (Lipinski definition) is 0. The molecule has 0 bridgehead atoms. The highest BCUT2D eigenvalue weighted by molar-refractivity contribution is 6.10. The molecule has 0 saturated heterocycles. The van der Waals surface area contributed by atoms with Crippen molar-refractivity contribution in [1.29, 1.82) is 0 Å². The lowest BCUT2D eigenvalue weighted by atomic mass is 10.1. The van der Waals surface area contributed by atoms with Crippen molar-refractivity contribution >= 4 is 27.5 Å². The quantitative estimate of drug-likeness (QED) is 0.416. The van der Waals surface area contributed by atoms with Gasteiger partial charge in [0.15, 0.2) is 0 Å². The molecule has 0 fully saturated rings. The van der Waals surface area contributed by atoms with Crippen LogP contribution < -0.4 is 4.90 Å². The standard InChI is InChI=1S/C24H26N2/c1-17(2)25(18(3)4)20-14-15-24-22(16-20)21-12-8-9-13-23(21)26(24)19-10-6-5-7-11-19/h5-18H,1-4H3. The number of rotatable bonds is 4. The highest BCUT2D eigenvalue weighted by Crippen LogP contribution is 2.35. The highest BCUT2D eigenvalue weighted by atomic mass is 15.2. The van der Waals surface area contributed by atoms with Crippen LogP contribution in [0.25, 0.3) is 27.5 Å². The fourth-order valence-electron chi connectivity index (χ4n) is 4.17. The van der Waals surface area contributed by atoms with Gasteiger partial charge in [0, 0.05) is 34.2 Å². The largest absolute Gasteiger partial charge is 0.367 e. The van der Waals surface area contributed by atoms with Gasteiger partial charge in [-0.3, -0.25) is 0 Å². The normalized spacial score (nSPS) is 11.8. The lowest BCUT2D eigenvalue weighted by Gasteiger charge is -2.33. The van der Waals surface area contributed by atoms with Crippen LogP contribution in [0.4, 0.5) is 5.69 Å². The van der Waals surface area contributed by atoms with Crippen molar-refractivity contribution in [3.05, 3.63) is 72.8 Å². The van der Waals surface area contributed by atoms with Crippen molar-refractivity contribution in [2.45, 2.75) is 39.8 Å². The SMILES string of the molecule is CC(C)N(c1ccc2c(c1)c1ccccc1n2-c1ccccc1)C(C)C. The van der Waals surface area contributed by atoms with Crippen molar-refractivity contribution in [3.63, 3.8) is 0 Å². The van der Waals surface area contributed by atoms with Crippen molar-refractivity contribution in [3.8, 4) is 5.69 Å². The minimum atomic E-state index is 0.468. The van der Waals surface area contributed by atoms with Crippen LogP contribution in [-0.4, -0.2) is 16.7 Å². The first kappa shape index (κ1) is 16.7. The second-order valence-corrected chi connectivity index (χ2v) is 7.48. The zero-order valence-electron chi connectivity index (χ0n) is 16.0. The molecule has 4 aromatic rings. The Morgan fingerprint density at radius 1 is 0.654 bits per heavy atom. The van der Waals surface area contributed by atoms with Gasteiger partial charge in [-0.1, -0.05) is 36.4 Å². The lowest BCUT2D eigenvalue weighted by Crippen LogP contribution is -2.36. The average molecular weight is 342 g/mol. The zero-order chi connectivity index (χ0) is 18.3. The average Bonchev–Trinajstić information content (AvgIpc) is 2.96. The van der Waals surface area contributed by atoms with E-state index in [4.69, 9.17) is 0 Å². The van der Waals surface area contributed by atoms with Crippen LogP contribution >= 0.6 is 0 Å². The van der Waals surface area contributed by atoms with Gasteiger partial charge in [-0.05, 0) is 64.1 Å². The molecule has 0 spiro atoms. The Kier molecular flexibility index (Phi) is 4.20. The summed E-state index contributed by atoms with van der Waals surface area (Å²) in [6, 6.07) is 27.1. The molecule has 0 unspecified atom stereocenters.